The number of hydrogen-bond acceptors (Lipinski definition) is 3. The van der Waals surface area contributed by atoms with Crippen molar-refractivity contribution < 1.29 is 4.79 Å². The molecule has 0 unspecified atom stereocenters. The molecule has 0 atom stereocenters. The van der Waals surface area contributed by atoms with E-state index in [1.54, 1.807) is 36.3 Å². The van der Waals surface area contributed by atoms with Crippen molar-refractivity contribution in [2.75, 3.05) is 11.9 Å². The van der Waals surface area contributed by atoms with Crippen molar-refractivity contribution >= 4 is 11.6 Å². The van der Waals surface area contributed by atoms with E-state index in [-0.39, 0.29) is 5.91 Å². The fraction of sp³-hybridized carbons (Fsp3) is 0.143. The predicted molar refractivity (Wildman–Crippen MR) is 71.3 cm³/mol. The zero-order valence-electron chi connectivity index (χ0n) is 10.2. The molecule has 0 aliphatic heterocycles. The van der Waals surface area contributed by atoms with E-state index in [1.165, 1.54) is 0 Å². The Bertz CT molecular complexity index is 540. The first-order chi connectivity index (χ1) is 8.74. The summed E-state index contributed by atoms with van der Waals surface area (Å²) in [6.45, 7) is 0.399. The van der Waals surface area contributed by atoms with Crippen LogP contribution in [-0.2, 0) is 6.54 Å². The largest absolute Gasteiger partial charge is 0.326 e. The van der Waals surface area contributed by atoms with Gasteiger partial charge >= 0.3 is 0 Å². The molecule has 1 amide bonds. The molecule has 0 spiro atoms. The Hall–Kier alpha value is -2.20. The van der Waals surface area contributed by atoms with Crippen LogP contribution in [0.2, 0.25) is 0 Å². The molecule has 4 heteroatoms. The number of carbonyl (C=O) groups is 1. The highest BCUT2D eigenvalue weighted by atomic mass is 16.2. The summed E-state index contributed by atoms with van der Waals surface area (Å²) in [6, 6.07) is 12.9. The number of carbonyl (C=O) groups excluding carboxylic acids is 1. The Morgan fingerprint density at radius 1 is 1.22 bits per heavy atom. The van der Waals surface area contributed by atoms with E-state index in [0.29, 0.717) is 12.2 Å². The van der Waals surface area contributed by atoms with Crippen molar-refractivity contribution in [3.05, 3.63) is 59.9 Å². The number of anilines is 1. The Kier molecular flexibility index (Phi) is 3.69. The molecule has 18 heavy (non-hydrogen) atoms. The van der Waals surface area contributed by atoms with E-state index in [1.807, 2.05) is 24.3 Å². The molecule has 0 saturated heterocycles. The van der Waals surface area contributed by atoms with E-state index >= 15 is 0 Å². The standard InChI is InChI=1S/C14H15N3O/c1-17(13-8-3-2-6-11(13)10-15)14(18)12-7-4-5-9-16-12/h2-9H,10,15H2,1H3. The molecule has 2 rings (SSSR count). The normalized spacial score (nSPS) is 10.1. The maximum absolute atomic E-state index is 12.2. The number of hydrogen-bond donors (Lipinski definition) is 1. The number of amides is 1. The molecule has 1 aromatic heterocycles. The van der Waals surface area contributed by atoms with Gasteiger partial charge in [0.2, 0.25) is 0 Å². The van der Waals surface area contributed by atoms with Crippen LogP contribution in [0.15, 0.2) is 48.7 Å². The van der Waals surface area contributed by atoms with Gasteiger partial charge in [-0.05, 0) is 23.8 Å². The Labute approximate surface area is 106 Å². The van der Waals surface area contributed by atoms with Crippen molar-refractivity contribution in [1.82, 2.24) is 4.98 Å². The van der Waals surface area contributed by atoms with E-state index in [4.69, 9.17) is 5.73 Å². The first-order valence-electron chi connectivity index (χ1n) is 5.71. The van der Waals surface area contributed by atoms with Crippen molar-refractivity contribution in [3.63, 3.8) is 0 Å². The van der Waals surface area contributed by atoms with Gasteiger partial charge in [0.15, 0.2) is 0 Å². The lowest BCUT2D eigenvalue weighted by atomic mass is 10.1. The minimum absolute atomic E-state index is 0.142. The van der Waals surface area contributed by atoms with Gasteiger partial charge in [0, 0.05) is 25.5 Å². The van der Waals surface area contributed by atoms with Gasteiger partial charge in [-0.15, -0.1) is 0 Å². The highest BCUT2D eigenvalue weighted by Gasteiger charge is 2.16. The van der Waals surface area contributed by atoms with E-state index in [0.717, 1.165) is 11.3 Å². The molecular weight excluding hydrogens is 226 g/mol. The monoisotopic (exact) mass is 241 g/mol. The van der Waals surface area contributed by atoms with Crippen LogP contribution in [0.4, 0.5) is 5.69 Å². The molecule has 0 aliphatic carbocycles. The number of pyridine rings is 1. The maximum atomic E-state index is 12.2. The summed E-state index contributed by atoms with van der Waals surface area (Å²) in [6.07, 6.45) is 1.61. The Morgan fingerprint density at radius 2 is 1.94 bits per heavy atom. The summed E-state index contributed by atoms with van der Waals surface area (Å²) in [7, 11) is 1.73. The second-order valence-corrected chi connectivity index (χ2v) is 3.91. The molecule has 1 heterocycles. The van der Waals surface area contributed by atoms with Gasteiger partial charge < -0.3 is 10.6 Å². The summed E-state index contributed by atoms with van der Waals surface area (Å²) in [5, 5.41) is 0. The minimum Gasteiger partial charge on any atom is -0.326 e. The summed E-state index contributed by atoms with van der Waals surface area (Å²) >= 11 is 0. The minimum atomic E-state index is -0.142. The topological polar surface area (TPSA) is 59.2 Å². The molecule has 2 aromatic rings. The van der Waals surface area contributed by atoms with Crippen LogP contribution in [0.25, 0.3) is 0 Å². The quantitative estimate of drug-likeness (QED) is 0.891. The van der Waals surface area contributed by atoms with Crippen LogP contribution in [0.5, 0.6) is 0 Å². The van der Waals surface area contributed by atoms with Crippen molar-refractivity contribution in [2.45, 2.75) is 6.54 Å². The third-order valence-electron chi connectivity index (χ3n) is 2.76. The number of nitrogens with two attached hydrogens (primary N) is 1. The van der Waals surface area contributed by atoms with Crippen molar-refractivity contribution in [1.29, 1.82) is 0 Å². The lowest BCUT2D eigenvalue weighted by Crippen LogP contribution is -2.28. The number of aromatic nitrogens is 1. The summed E-state index contributed by atoms with van der Waals surface area (Å²) in [4.78, 5) is 17.9. The SMILES string of the molecule is CN(C(=O)c1ccccn1)c1ccccc1CN. The smallest absolute Gasteiger partial charge is 0.276 e. The molecule has 0 aliphatic rings. The summed E-state index contributed by atoms with van der Waals surface area (Å²) < 4.78 is 0. The highest BCUT2D eigenvalue weighted by molar-refractivity contribution is 6.04. The molecule has 0 saturated carbocycles. The van der Waals surface area contributed by atoms with E-state index in [2.05, 4.69) is 4.98 Å². The first kappa shape index (κ1) is 12.3. The number of nitrogens with zero attached hydrogens (tertiary/aromatic N) is 2. The average Bonchev–Trinajstić information content (AvgIpc) is 2.46. The third-order valence-corrected chi connectivity index (χ3v) is 2.76. The predicted octanol–water partition coefficient (Wildman–Crippen LogP) is 1.82. The molecule has 0 radical (unpaired) electrons. The second-order valence-electron chi connectivity index (χ2n) is 3.91. The summed E-state index contributed by atoms with van der Waals surface area (Å²) in [5.41, 5.74) is 7.85. The van der Waals surface area contributed by atoms with Crippen molar-refractivity contribution in [3.8, 4) is 0 Å². The molecule has 92 valence electrons. The van der Waals surface area contributed by atoms with Crippen LogP contribution in [0.1, 0.15) is 16.1 Å². The number of rotatable bonds is 3. The Balaban J connectivity index is 2.31. The van der Waals surface area contributed by atoms with E-state index in [9.17, 15) is 4.79 Å². The molecular formula is C14H15N3O. The lowest BCUT2D eigenvalue weighted by Gasteiger charge is -2.19. The summed E-state index contributed by atoms with van der Waals surface area (Å²) in [5.74, 6) is -0.142. The van der Waals surface area contributed by atoms with Gasteiger partial charge in [-0.3, -0.25) is 9.78 Å². The lowest BCUT2D eigenvalue weighted by molar-refractivity contribution is 0.0988. The first-order valence-corrected chi connectivity index (χ1v) is 5.71. The van der Waals surface area contributed by atoms with Gasteiger partial charge in [-0.25, -0.2) is 0 Å². The zero-order valence-corrected chi connectivity index (χ0v) is 10.2. The average molecular weight is 241 g/mol. The van der Waals surface area contributed by atoms with Crippen LogP contribution in [0, 0.1) is 0 Å². The second kappa shape index (κ2) is 5.42. The molecule has 0 fully saturated rings. The third kappa shape index (κ3) is 2.38. The van der Waals surface area contributed by atoms with Crippen LogP contribution >= 0.6 is 0 Å². The highest BCUT2D eigenvalue weighted by Crippen LogP contribution is 2.19. The van der Waals surface area contributed by atoms with Gasteiger partial charge in [0.05, 0.1) is 0 Å². The van der Waals surface area contributed by atoms with Crippen LogP contribution in [-0.4, -0.2) is 17.9 Å². The van der Waals surface area contributed by atoms with Crippen LogP contribution in [0.3, 0.4) is 0 Å². The van der Waals surface area contributed by atoms with Gasteiger partial charge in [0.25, 0.3) is 5.91 Å². The fourth-order valence-electron chi connectivity index (χ4n) is 1.78. The molecule has 0 bridgehead atoms. The maximum Gasteiger partial charge on any atom is 0.276 e. The van der Waals surface area contributed by atoms with Gasteiger partial charge in [0.1, 0.15) is 5.69 Å². The van der Waals surface area contributed by atoms with Crippen LogP contribution < -0.4 is 10.6 Å². The molecule has 2 N–H and O–H groups in total. The van der Waals surface area contributed by atoms with E-state index < -0.39 is 0 Å². The fourth-order valence-corrected chi connectivity index (χ4v) is 1.78. The molecule has 4 nitrogen and oxygen atoms in total. The Morgan fingerprint density at radius 3 is 2.61 bits per heavy atom. The van der Waals surface area contributed by atoms with Gasteiger partial charge in [-0.2, -0.15) is 0 Å². The van der Waals surface area contributed by atoms with Gasteiger partial charge in [-0.1, -0.05) is 24.3 Å². The van der Waals surface area contributed by atoms with Crippen molar-refractivity contribution in [2.24, 2.45) is 5.73 Å². The zero-order chi connectivity index (χ0) is 13.0. The number of benzene rings is 1. The number of para-hydroxylation sites is 1. The molecule has 1 aromatic carbocycles.